The second-order valence-corrected chi connectivity index (χ2v) is 7.48. The van der Waals surface area contributed by atoms with E-state index in [1.807, 2.05) is 36.4 Å². The molecule has 6 nitrogen and oxygen atoms in total. The minimum atomic E-state index is -0.188. The van der Waals surface area contributed by atoms with Crippen molar-refractivity contribution >= 4 is 5.91 Å². The number of methoxy groups -OCH3 is 1. The van der Waals surface area contributed by atoms with Crippen molar-refractivity contribution in [3.8, 4) is 11.4 Å². The largest absolute Gasteiger partial charge is 0.494 e. The highest BCUT2D eigenvalue weighted by Crippen LogP contribution is 2.22. The Morgan fingerprint density at radius 3 is 2.87 bits per heavy atom. The molecule has 2 aromatic carbocycles. The summed E-state index contributed by atoms with van der Waals surface area (Å²) in [6.45, 7) is 2.14. The van der Waals surface area contributed by atoms with Gasteiger partial charge in [-0.25, -0.2) is 9.07 Å². The highest BCUT2D eigenvalue weighted by Gasteiger charge is 2.23. The van der Waals surface area contributed by atoms with Gasteiger partial charge in [-0.2, -0.15) is 5.10 Å². The molecule has 0 radical (unpaired) electrons. The van der Waals surface area contributed by atoms with Gasteiger partial charge in [0, 0.05) is 30.9 Å². The van der Waals surface area contributed by atoms with Gasteiger partial charge in [0.15, 0.2) is 0 Å². The first kappa shape index (κ1) is 20.1. The van der Waals surface area contributed by atoms with E-state index in [1.54, 1.807) is 30.3 Å². The fourth-order valence-corrected chi connectivity index (χ4v) is 3.84. The number of halogens is 1. The molecule has 30 heavy (non-hydrogen) atoms. The van der Waals surface area contributed by atoms with E-state index in [1.165, 1.54) is 6.07 Å². The molecule has 3 aromatic rings. The molecule has 1 fully saturated rings. The maximum Gasteiger partial charge on any atom is 0.254 e. The Balaban J connectivity index is 1.39. The molecule has 0 bridgehead atoms. The number of aromatic nitrogens is 2. The van der Waals surface area contributed by atoms with Gasteiger partial charge in [-0.05, 0) is 37.6 Å². The zero-order valence-corrected chi connectivity index (χ0v) is 16.9. The zero-order chi connectivity index (χ0) is 20.9. The summed E-state index contributed by atoms with van der Waals surface area (Å²) in [5.74, 6) is 0.338. The Hall–Kier alpha value is -3.19. The number of piperidine rings is 1. The Morgan fingerprint density at radius 2 is 2.03 bits per heavy atom. The van der Waals surface area contributed by atoms with Crippen molar-refractivity contribution in [2.75, 3.05) is 20.2 Å². The average molecular weight is 408 g/mol. The third-order valence-electron chi connectivity index (χ3n) is 5.37. The van der Waals surface area contributed by atoms with E-state index < -0.39 is 0 Å². The third-order valence-corrected chi connectivity index (χ3v) is 5.37. The van der Waals surface area contributed by atoms with Gasteiger partial charge in [-0.3, -0.25) is 9.69 Å². The summed E-state index contributed by atoms with van der Waals surface area (Å²) in [7, 11) is 1.60. The van der Waals surface area contributed by atoms with Gasteiger partial charge < -0.3 is 10.1 Å². The van der Waals surface area contributed by atoms with Crippen LogP contribution in [0.2, 0.25) is 0 Å². The van der Waals surface area contributed by atoms with Crippen molar-refractivity contribution in [2.24, 2.45) is 0 Å². The number of carbonyl (C=O) groups excluding carboxylic acids is 1. The highest BCUT2D eigenvalue weighted by atomic mass is 19.1. The molecule has 0 aliphatic carbocycles. The minimum absolute atomic E-state index is 0.0210. The number of ether oxygens (including phenoxy) is 1. The fraction of sp³-hybridized carbons (Fsp3) is 0.304. The number of nitrogens with zero attached hydrogens (tertiary/aromatic N) is 3. The number of hydrogen-bond acceptors (Lipinski definition) is 4. The number of para-hydroxylation sites is 2. The molecule has 0 saturated carbocycles. The third kappa shape index (κ3) is 4.52. The lowest BCUT2D eigenvalue weighted by Gasteiger charge is -2.33. The molecule has 1 N–H and O–H groups in total. The number of hydrogen-bond donors (Lipinski definition) is 1. The maximum absolute atomic E-state index is 14.0. The monoisotopic (exact) mass is 408 g/mol. The highest BCUT2D eigenvalue weighted by molar-refractivity contribution is 5.94. The topological polar surface area (TPSA) is 59.4 Å². The SMILES string of the molecule is COc1ccccc1-n1cc(C(=O)N[C@H]2CCCN(Cc3ccccc3F)C2)cn1. The lowest BCUT2D eigenvalue weighted by atomic mass is 10.0. The quantitative estimate of drug-likeness (QED) is 0.679. The van der Waals surface area contributed by atoms with Crippen LogP contribution in [0, 0.1) is 5.82 Å². The van der Waals surface area contributed by atoms with Gasteiger partial charge in [0.25, 0.3) is 5.91 Å². The average Bonchev–Trinajstić information content (AvgIpc) is 3.26. The summed E-state index contributed by atoms with van der Waals surface area (Å²) in [6, 6.07) is 14.4. The van der Waals surface area contributed by atoms with Crippen LogP contribution in [0.5, 0.6) is 5.75 Å². The van der Waals surface area contributed by atoms with Crippen LogP contribution in [0.1, 0.15) is 28.8 Å². The summed E-state index contributed by atoms with van der Waals surface area (Å²) >= 11 is 0. The molecule has 4 rings (SSSR count). The van der Waals surface area contributed by atoms with E-state index in [0.29, 0.717) is 30.0 Å². The smallest absolute Gasteiger partial charge is 0.254 e. The Kier molecular flexibility index (Phi) is 6.09. The van der Waals surface area contributed by atoms with Crippen molar-refractivity contribution in [2.45, 2.75) is 25.4 Å². The van der Waals surface area contributed by atoms with Crippen molar-refractivity contribution in [3.63, 3.8) is 0 Å². The summed E-state index contributed by atoms with van der Waals surface area (Å²) in [5, 5.41) is 7.41. The molecule has 1 aliphatic rings. The van der Waals surface area contributed by atoms with Gasteiger partial charge in [0.05, 0.1) is 18.9 Å². The molecule has 0 unspecified atom stereocenters. The zero-order valence-electron chi connectivity index (χ0n) is 16.9. The number of rotatable bonds is 6. The first-order valence-electron chi connectivity index (χ1n) is 10.1. The van der Waals surface area contributed by atoms with E-state index in [-0.39, 0.29) is 17.8 Å². The predicted molar refractivity (Wildman–Crippen MR) is 112 cm³/mol. The summed E-state index contributed by atoms with van der Waals surface area (Å²) in [6.07, 6.45) is 5.12. The van der Waals surface area contributed by atoms with E-state index in [4.69, 9.17) is 4.74 Å². The lowest BCUT2D eigenvalue weighted by Crippen LogP contribution is -2.47. The number of carbonyl (C=O) groups is 1. The molecular formula is C23H25FN4O2. The van der Waals surface area contributed by atoms with Crippen LogP contribution in [0.4, 0.5) is 4.39 Å². The second kappa shape index (κ2) is 9.09. The van der Waals surface area contributed by atoms with Crippen LogP contribution >= 0.6 is 0 Å². The second-order valence-electron chi connectivity index (χ2n) is 7.48. The van der Waals surface area contributed by atoms with Crippen LogP contribution < -0.4 is 10.1 Å². The molecule has 0 spiro atoms. The van der Waals surface area contributed by atoms with Gasteiger partial charge in [0.1, 0.15) is 17.3 Å². The standard InChI is InChI=1S/C23H25FN4O2/c1-30-22-11-5-4-10-21(22)28-15-18(13-25-28)23(29)26-19-8-6-12-27(16-19)14-17-7-2-3-9-20(17)24/h2-5,7,9-11,13,15,19H,6,8,12,14,16H2,1H3,(H,26,29)/t19-/m0/s1. The lowest BCUT2D eigenvalue weighted by molar-refractivity contribution is 0.0900. The number of likely N-dealkylation sites (tertiary alicyclic amines) is 1. The van der Waals surface area contributed by atoms with Gasteiger partial charge in [-0.15, -0.1) is 0 Å². The van der Waals surface area contributed by atoms with Crippen LogP contribution in [-0.2, 0) is 6.54 Å². The van der Waals surface area contributed by atoms with Crippen molar-refractivity contribution < 1.29 is 13.9 Å². The summed E-state index contributed by atoms with van der Waals surface area (Å²) < 4.78 is 21.0. The van der Waals surface area contributed by atoms with Crippen LogP contribution in [-0.4, -0.2) is 46.8 Å². The van der Waals surface area contributed by atoms with Gasteiger partial charge >= 0.3 is 0 Å². The molecule has 156 valence electrons. The molecule has 1 amide bonds. The van der Waals surface area contributed by atoms with E-state index in [2.05, 4.69) is 15.3 Å². The first-order valence-corrected chi connectivity index (χ1v) is 10.1. The molecule has 1 atom stereocenters. The Labute approximate surface area is 175 Å². The van der Waals surface area contributed by atoms with E-state index in [0.717, 1.165) is 25.1 Å². The van der Waals surface area contributed by atoms with Crippen LogP contribution in [0.25, 0.3) is 5.69 Å². The normalized spacial score (nSPS) is 16.9. The number of nitrogens with one attached hydrogen (secondary N) is 1. The van der Waals surface area contributed by atoms with Crippen molar-refractivity contribution in [3.05, 3.63) is 77.9 Å². The predicted octanol–water partition coefficient (Wildman–Crippen LogP) is 3.41. The molecular weight excluding hydrogens is 383 g/mol. The number of benzene rings is 2. The Morgan fingerprint density at radius 1 is 1.23 bits per heavy atom. The van der Waals surface area contributed by atoms with E-state index in [9.17, 15) is 9.18 Å². The van der Waals surface area contributed by atoms with E-state index >= 15 is 0 Å². The molecule has 2 heterocycles. The summed E-state index contributed by atoms with van der Waals surface area (Å²) in [4.78, 5) is 14.9. The molecule has 1 aromatic heterocycles. The fourth-order valence-electron chi connectivity index (χ4n) is 3.84. The number of amides is 1. The molecule has 1 saturated heterocycles. The summed E-state index contributed by atoms with van der Waals surface area (Å²) in [5.41, 5.74) is 1.95. The van der Waals surface area contributed by atoms with Crippen LogP contribution in [0.3, 0.4) is 0 Å². The van der Waals surface area contributed by atoms with Gasteiger partial charge in [0.2, 0.25) is 0 Å². The van der Waals surface area contributed by atoms with Crippen molar-refractivity contribution in [1.82, 2.24) is 20.0 Å². The first-order chi connectivity index (χ1) is 14.6. The van der Waals surface area contributed by atoms with Gasteiger partial charge in [-0.1, -0.05) is 30.3 Å². The van der Waals surface area contributed by atoms with Crippen LogP contribution in [0.15, 0.2) is 60.9 Å². The molecule has 7 heteroatoms. The Bertz CT molecular complexity index is 1020. The molecule has 1 aliphatic heterocycles. The minimum Gasteiger partial charge on any atom is -0.494 e. The maximum atomic E-state index is 14.0. The van der Waals surface area contributed by atoms with Crippen molar-refractivity contribution in [1.29, 1.82) is 0 Å².